The summed E-state index contributed by atoms with van der Waals surface area (Å²) in [6, 6.07) is 1.38. The van der Waals surface area contributed by atoms with Crippen molar-refractivity contribution in [2.45, 2.75) is 6.61 Å². The highest BCUT2D eigenvalue weighted by molar-refractivity contribution is 5.21. The van der Waals surface area contributed by atoms with Gasteiger partial charge < -0.3 is 14.6 Å². The number of hydrogen-bond acceptors (Lipinski definition) is 3. The Balaban J connectivity index is 2.92. The smallest absolute Gasteiger partial charge is 0.170 e. The molecule has 0 atom stereocenters. The van der Waals surface area contributed by atoms with E-state index >= 15 is 0 Å². The van der Waals surface area contributed by atoms with Crippen LogP contribution in [0.15, 0.2) is 16.7 Å². The van der Waals surface area contributed by atoms with Crippen molar-refractivity contribution >= 4 is 0 Å². The number of hydrogen-bond donors (Lipinski definition) is 2. The zero-order valence-corrected chi connectivity index (χ0v) is 4.16. The molecular formula is C5H6O3. The van der Waals surface area contributed by atoms with E-state index in [1.165, 1.54) is 12.3 Å². The molecule has 1 aromatic rings. The summed E-state index contributed by atoms with van der Waals surface area (Å²) in [7, 11) is 0. The molecule has 0 saturated heterocycles. The SMILES string of the molecule is OCc1occc1O. The predicted octanol–water partition coefficient (Wildman–Crippen LogP) is 0.478. The maximum atomic E-state index is 8.70. The van der Waals surface area contributed by atoms with Crippen LogP contribution in [0.1, 0.15) is 5.76 Å². The molecule has 1 rings (SSSR count). The highest BCUT2D eigenvalue weighted by Crippen LogP contribution is 2.16. The van der Waals surface area contributed by atoms with E-state index in [-0.39, 0.29) is 18.1 Å². The predicted molar refractivity (Wildman–Crippen MR) is 26.3 cm³/mol. The van der Waals surface area contributed by atoms with Gasteiger partial charge in [-0.15, -0.1) is 0 Å². The second kappa shape index (κ2) is 1.88. The molecule has 0 aromatic carbocycles. The first-order valence-electron chi connectivity index (χ1n) is 2.21. The monoisotopic (exact) mass is 114 g/mol. The second-order valence-electron chi connectivity index (χ2n) is 1.39. The van der Waals surface area contributed by atoms with Crippen LogP contribution in [0.4, 0.5) is 0 Å². The average molecular weight is 114 g/mol. The lowest BCUT2D eigenvalue weighted by Gasteiger charge is -1.85. The minimum Gasteiger partial charge on any atom is -0.504 e. The van der Waals surface area contributed by atoms with Gasteiger partial charge in [-0.1, -0.05) is 0 Å². The van der Waals surface area contributed by atoms with Gasteiger partial charge in [0, 0.05) is 6.07 Å². The largest absolute Gasteiger partial charge is 0.504 e. The minimum absolute atomic E-state index is 0.00694. The van der Waals surface area contributed by atoms with Gasteiger partial charge in [-0.3, -0.25) is 0 Å². The number of aliphatic hydroxyl groups is 1. The summed E-state index contributed by atoms with van der Waals surface area (Å²) >= 11 is 0. The summed E-state index contributed by atoms with van der Waals surface area (Å²) in [6.45, 7) is -0.251. The molecule has 0 unspecified atom stereocenters. The summed E-state index contributed by atoms with van der Waals surface area (Å²) in [5, 5.41) is 17.1. The van der Waals surface area contributed by atoms with Gasteiger partial charge in [0.25, 0.3) is 0 Å². The van der Waals surface area contributed by atoms with E-state index in [1.807, 2.05) is 0 Å². The summed E-state index contributed by atoms with van der Waals surface area (Å²) in [5.41, 5.74) is 0. The molecule has 44 valence electrons. The van der Waals surface area contributed by atoms with Gasteiger partial charge >= 0.3 is 0 Å². The molecule has 3 heteroatoms. The average Bonchev–Trinajstić information content (AvgIpc) is 2.14. The van der Waals surface area contributed by atoms with E-state index in [2.05, 4.69) is 4.42 Å². The first-order chi connectivity index (χ1) is 3.84. The summed E-state index contributed by atoms with van der Waals surface area (Å²) in [4.78, 5) is 0. The third kappa shape index (κ3) is 0.675. The van der Waals surface area contributed by atoms with Crippen molar-refractivity contribution in [1.29, 1.82) is 0 Å². The lowest BCUT2D eigenvalue weighted by atomic mass is 10.4. The van der Waals surface area contributed by atoms with Gasteiger partial charge in [0.1, 0.15) is 6.61 Å². The molecule has 0 radical (unpaired) electrons. The van der Waals surface area contributed by atoms with Gasteiger partial charge in [0.05, 0.1) is 6.26 Å². The molecule has 0 spiro atoms. The van der Waals surface area contributed by atoms with Crippen LogP contribution in [0.5, 0.6) is 5.75 Å². The Morgan fingerprint density at radius 3 is 2.62 bits per heavy atom. The van der Waals surface area contributed by atoms with Crippen LogP contribution in [0.25, 0.3) is 0 Å². The van der Waals surface area contributed by atoms with Crippen LogP contribution < -0.4 is 0 Å². The van der Waals surface area contributed by atoms with Crippen LogP contribution in [-0.2, 0) is 6.61 Å². The molecular weight excluding hydrogens is 108 g/mol. The molecule has 0 fully saturated rings. The van der Waals surface area contributed by atoms with Crippen molar-refractivity contribution in [3.05, 3.63) is 18.1 Å². The number of furan rings is 1. The van der Waals surface area contributed by atoms with E-state index in [1.54, 1.807) is 0 Å². The van der Waals surface area contributed by atoms with E-state index in [0.29, 0.717) is 0 Å². The van der Waals surface area contributed by atoms with Crippen LogP contribution in [0, 0.1) is 0 Å². The molecule has 8 heavy (non-hydrogen) atoms. The van der Waals surface area contributed by atoms with Crippen LogP contribution >= 0.6 is 0 Å². The molecule has 0 amide bonds. The Kier molecular flexibility index (Phi) is 1.22. The third-order valence-corrected chi connectivity index (χ3v) is 0.866. The molecule has 0 aliphatic rings. The van der Waals surface area contributed by atoms with Crippen molar-refractivity contribution in [3.63, 3.8) is 0 Å². The Morgan fingerprint density at radius 1 is 1.62 bits per heavy atom. The highest BCUT2D eigenvalue weighted by atomic mass is 16.4. The van der Waals surface area contributed by atoms with Crippen LogP contribution in [0.2, 0.25) is 0 Å². The summed E-state index contributed by atoms with van der Waals surface area (Å²) in [5.74, 6) is 0.220. The fourth-order valence-corrected chi connectivity index (χ4v) is 0.452. The van der Waals surface area contributed by atoms with Crippen molar-refractivity contribution < 1.29 is 14.6 Å². The zero-order chi connectivity index (χ0) is 5.98. The second-order valence-corrected chi connectivity index (χ2v) is 1.39. The molecule has 1 aromatic heterocycles. The molecule has 2 N–H and O–H groups in total. The first-order valence-corrected chi connectivity index (χ1v) is 2.21. The maximum absolute atomic E-state index is 8.70. The lowest BCUT2D eigenvalue weighted by molar-refractivity contribution is 0.239. The zero-order valence-electron chi connectivity index (χ0n) is 4.16. The quantitative estimate of drug-likeness (QED) is 0.558. The molecule has 3 nitrogen and oxygen atoms in total. The molecule has 0 aliphatic heterocycles. The van der Waals surface area contributed by atoms with Crippen molar-refractivity contribution in [1.82, 2.24) is 0 Å². The molecule has 1 heterocycles. The number of aromatic hydroxyl groups is 1. The van der Waals surface area contributed by atoms with Crippen molar-refractivity contribution in [3.8, 4) is 5.75 Å². The maximum Gasteiger partial charge on any atom is 0.170 e. The Labute approximate surface area is 46.2 Å². The topological polar surface area (TPSA) is 53.6 Å². The highest BCUT2D eigenvalue weighted by Gasteiger charge is 1.99. The van der Waals surface area contributed by atoms with Crippen molar-refractivity contribution in [2.75, 3.05) is 0 Å². The van der Waals surface area contributed by atoms with Crippen LogP contribution in [0.3, 0.4) is 0 Å². The fraction of sp³-hybridized carbons (Fsp3) is 0.200. The minimum atomic E-state index is -0.251. The lowest BCUT2D eigenvalue weighted by Crippen LogP contribution is -1.75. The molecule has 0 saturated carbocycles. The third-order valence-electron chi connectivity index (χ3n) is 0.866. The first kappa shape index (κ1) is 5.18. The van der Waals surface area contributed by atoms with Crippen molar-refractivity contribution in [2.24, 2.45) is 0 Å². The van der Waals surface area contributed by atoms with E-state index in [9.17, 15) is 0 Å². The Bertz CT molecular complexity index is 168. The molecule has 0 bridgehead atoms. The van der Waals surface area contributed by atoms with Gasteiger partial charge in [-0.25, -0.2) is 0 Å². The fourth-order valence-electron chi connectivity index (χ4n) is 0.452. The van der Waals surface area contributed by atoms with E-state index < -0.39 is 0 Å². The van der Waals surface area contributed by atoms with E-state index in [0.717, 1.165) is 0 Å². The van der Waals surface area contributed by atoms with Crippen LogP contribution in [-0.4, -0.2) is 10.2 Å². The summed E-state index contributed by atoms with van der Waals surface area (Å²) in [6.07, 6.45) is 1.32. The standard InChI is InChI=1S/C5H6O3/c6-3-5-4(7)1-2-8-5/h1-2,6-7H,3H2. The van der Waals surface area contributed by atoms with Gasteiger partial charge in [0.2, 0.25) is 0 Å². The van der Waals surface area contributed by atoms with Gasteiger partial charge in [0.15, 0.2) is 11.5 Å². The molecule has 0 aliphatic carbocycles. The van der Waals surface area contributed by atoms with E-state index in [4.69, 9.17) is 10.2 Å². The Morgan fingerprint density at radius 2 is 2.38 bits per heavy atom. The summed E-state index contributed by atoms with van der Waals surface area (Å²) < 4.78 is 4.61. The number of aliphatic hydroxyl groups excluding tert-OH is 1. The van der Waals surface area contributed by atoms with Gasteiger partial charge in [-0.2, -0.15) is 0 Å². The number of rotatable bonds is 1. The Hall–Kier alpha value is -0.960. The van der Waals surface area contributed by atoms with Gasteiger partial charge in [-0.05, 0) is 0 Å². The normalized spacial score (nSPS) is 9.62.